The first-order valence-electron chi connectivity index (χ1n) is 10.4. The zero-order valence-electron chi connectivity index (χ0n) is 16.1. The first-order valence-corrected chi connectivity index (χ1v) is 11.5. The van der Waals surface area contributed by atoms with E-state index in [1.54, 1.807) is 0 Å². The van der Waals surface area contributed by atoms with Gasteiger partial charge in [-0.1, -0.05) is 37.5 Å². The topological polar surface area (TPSA) is 55.8 Å². The number of aliphatic carboxylic acids is 1. The zero-order chi connectivity index (χ0) is 18.9. The fourth-order valence-electron chi connectivity index (χ4n) is 4.47. The summed E-state index contributed by atoms with van der Waals surface area (Å²) >= 11 is 1.99. The van der Waals surface area contributed by atoms with E-state index in [0.29, 0.717) is 30.5 Å². The molecule has 0 radical (unpaired) electrons. The van der Waals surface area contributed by atoms with E-state index in [9.17, 15) is 4.79 Å². The highest BCUT2D eigenvalue weighted by molar-refractivity contribution is 7.99. The number of unbranched alkanes of at least 4 members (excludes halogenated alkanes) is 3. The van der Waals surface area contributed by atoms with Gasteiger partial charge in [0.25, 0.3) is 0 Å². The second-order valence-corrected chi connectivity index (χ2v) is 8.85. The molecule has 0 aliphatic carbocycles. The highest BCUT2D eigenvalue weighted by Gasteiger charge is 2.47. The summed E-state index contributed by atoms with van der Waals surface area (Å²) in [7, 11) is 0. The molecule has 2 bridgehead atoms. The van der Waals surface area contributed by atoms with Gasteiger partial charge in [-0.15, -0.1) is 0 Å². The minimum Gasteiger partial charge on any atom is -0.493 e. The number of para-hydroxylation sites is 1. The summed E-state index contributed by atoms with van der Waals surface area (Å²) in [5.41, 5.74) is 0. The number of carboxylic acids is 1. The van der Waals surface area contributed by atoms with Gasteiger partial charge in [0.2, 0.25) is 0 Å². The van der Waals surface area contributed by atoms with Crippen molar-refractivity contribution in [2.75, 3.05) is 18.1 Å². The van der Waals surface area contributed by atoms with Crippen LogP contribution in [0.2, 0.25) is 0 Å². The van der Waals surface area contributed by atoms with Crippen LogP contribution in [0.15, 0.2) is 30.3 Å². The highest BCUT2D eigenvalue weighted by atomic mass is 32.2. The van der Waals surface area contributed by atoms with E-state index in [1.807, 2.05) is 42.1 Å². The lowest BCUT2D eigenvalue weighted by Crippen LogP contribution is -2.29. The van der Waals surface area contributed by atoms with Crippen LogP contribution in [0.1, 0.15) is 51.4 Å². The van der Waals surface area contributed by atoms with Gasteiger partial charge in [-0.25, -0.2) is 0 Å². The lowest BCUT2D eigenvalue weighted by molar-refractivity contribution is -0.137. The van der Waals surface area contributed by atoms with Crippen molar-refractivity contribution in [2.45, 2.75) is 63.6 Å². The van der Waals surface area contributed by atoms with Crippen LogP contribution in [0.25, 0.3) is 0 Å². The summed E-state index contributed by atoms with van der Waals surface area (Å²) in [6.07, 6.45) is 9.13. The second-order valence-electron chi connectivity index (χ2n) is 7.70. The van der Waals surface area contributed by atoms with E-state index in [-0.39, 0.29) is 0 Å². The van der Waals surface area contributed by atoms with E-state index in [1.165, 1.54) is 31.4 Å². The van der Waals surface area contributed by atoms with Gasteiger partial charge in [-0.3, -0.25) is 4.79 Å². The molecule has 2 saturated heterocycles. The number of fused-ring (bicyclic) bond motifs is 2. The first kappa shape index (κ1) is 20.5. The minimum absolute atomic E-state index is 0.307. The van der Waals surface area contributed by atoms with Gasteiger partial charge in [0.05, 0.1) is 18.8 Å². The molecule has 0 spiro atoms. The lowest BCUT2D eigenvalue weighted by Gasteiger charge is -2.27. The van der Waals surface area contributed by atoms with Gasteiger partial charge in [0.15, 0.2) is 0 Å². The van der Waals surface area contributed by atoms with Crippen molar-refractivity contribution in [1.82, 2.24) is 0 Å². The molecule has 4 unspecified atom stereocenters. The standard InChI is InChI=1S/C22H32O4S/c23-22(24)11-7-2-1-6-10-18-19(21-13-12-20(18)26-21)16-27-15-14-25-17-8-4-3-5-9-17/h3-5,8-9,18-21H,1-2,6-7,10-16H2,(H,23,24). The fraction of sp³-hybridized carbons (Fsp3) is 0.682. The summed E-state index contributed by atoms with van der Waals surface area (Å²) in [5, 5.41) is 8.71. The van der Waals surface area contributed by atoms with Crippen molar-refractivity contribution in [1.29, 1.82) is 0 Å². The summed E-state index contributed by atoms with van der Waals surface area (Å²) in [6, 6.07) is 10.0. The zero-order valence-corrected chi connectivity index (χ0v) is 16.9. The number of thioether (sulfide) groups is 1. The summed E-state index contributed by atoms with van der Waals surface area (Å²) < 4.78 is 12.0. The van der Waals surface area contributed by atoms with Gasteiger partial charge in [0.1, 0.15) is 5.75 Å². The fourth-order valence-corrected chi connectivity index (χ4v) is 5.57. The largest absolute Gasteiger partial charge is 0.493 e. The molecule has 4 atom stereocenters. The Bertz CT molecular complexity index is 565. The van der Waals surface area contributed by atoms with Crippen LogP contribution >= 0.6 is 11.8 Å². The average molecular weight is 393 g/mol. The van der Waals surface area contributed by atoms with Crippen molar-refractivity contribution in [3.05, 3.63) is 30.3 Å². The van der Waals surface area contributed by atoms with E-state index >= 15 is 0 Å². The number of benzene rings is 1. The number of carboxylic acid groups (broad SMARTS) is 1. The van der Waals surface area contributed by atoms with E-state index in [0.717, 1.165) is 37.4 Å². The molecular weight excluding hydrogens is 360 g/mol. The van der Waals surface area contributed by atoms with Crippen LogP contribution in [0.5, 0.6) is 5.75 Å². The van der Waals surface area contributed by atoms with Gasteiger partial charge in [0, 0.05) is 12.2 Å². The normalized spacial score (nSPS) is 26.4. The van der Waals surface area contributed by atoms with Crippen LogP contribution in [-0.4, -0.2) is 41.4 Å². The lowest BCUT2D eigenvalue weighted by atomic mass is 9.77. The Morgan fingerprint density at radius 1 is 1.07 bits per heavy atom. The summed E-state index contributed by atoms with van der Waals surface area (Å²) in [6.45, 7) is 0.755. The van der Waals surface area contributed by atoms with Crippen molar-refractivity contribution in [3.63, 3.8) is 0 Å². The highest BCUT2D eigenvalue weighted by Crippen LogP contribution is 2.46. The number of ether oxygens (including phenoxy) is 2. The maximum atomic E-state index is 10.6. The smallest absolute Gasteiger partial charge is 0.303 e. The maximum Gasteiger partial charge on any atom is 0.303 e. The van der Waals surface area contributed by atoms with Gasteiger partial charge in [-0.2, -0.15) is 11.8 Å². The van der Waals surface area contributed by atoms with Gasteiger partial charge in [-0.05, 0) is 55.4 Å². The maximum absolute atomic E-state index is 10.6. The van der Waals surface area contributed by atoms with Crippen LogP contribution in [0.4, 0.5) is 0 Å². The molecule has 1 aromatic rings. The molecule has 27 heavy (non-hydrogen) atoms. The van der Waals surface area contributed by atoms with Crippen molar-refractivity contribution in [2.24, 2.45) is 11.8 Å². The Morgan fingerprint density at radius 2 is 1.81 bits per heavy atom. The molecule has 5 heteroatoms. The molecule has 0 saturated carbocycles. The third-order valence-corrected chi connectivity index (χ3v) is 6.89. The molecule has 4 nitrogen and oxygen atoms in total. The van der Waals surface area contributed by atoms with Crippen LogP contribution in [0, 0.1) is 11.8 Å². The Labute approximate surface area is 167 Å². The molecule has 0 amide bonds. The van der Waals surface area contributed by atoms with Crippen LogP contribution in [-0.2, 0) is 9.53 Å². The Morgan fingerprint density at radius 3 is 2.59 bits per heavy atom. The third kappa shape index (κ3) is 6.42. The number of carbonyl (C=O) groups is 1. The molecule has 2 aliphatic heterocycles. The number of hydrogen-bond donors (Lipinski definition) is 1. The summed E-state index contributed by atoms with van der Waals surface area (Å²) in [5.74, 6) is 3.84. The molecule has 3 rings (SSSR count). The minimum atomic E-state index is -0.676. The quantitative estimate of drug-likeness (QED) is 0.478. The monoisotopic (exact) mass is 392 g/mol. The van der Waals surface area contributed by atoms with Crippen molar-refractivity contribution < 1.29 is 19.4 Å². The third-order valence-electron chi connectivity index (χ3n) is 5.82. The van der Waals surface area contributed by atoms with Crippen LogP contribution in [0.3, 0.4) is 0 Å². The Balaban J connectivity index is 1.31. The molecule has 2 heterocycles. The van der Waals surface area contributed by atoms with Crippen molar-refractivity contribution in [3.8, 4) is 5.75 Å². The molecule has 2 fully saturated rings. The molecule has 1 aromatic carbocycles. The van der Waals surface area contributed by atoms with E-state index < -0.39 is 5.97 Å². The first-order chi connectivity index (χ1) is 13.2. The molecule has 0 aromatic heterocycles. The SMILES string of the molecule is O=C(O)CCCCCCC1C2CCC(O2)C1CSCCOc1ccccc1. The van der Waals surface area contributed by atoms with E-state index in [2.05, 4.69) is 0 Å². The number of hydrogen-bond acceptors (Lipinski definition) is 4. The van der Waals surface area contributed by atoms with Gasteiger partial charge < -0.3 is 14.6 Å². The molecular formula is C22H32O4S. The van der Waals surface area contributed by atoms with Crippen molar-refractivity contribution >= 4 is 17.7 Å². The van der Waals surface area contributed by atoms with E-state index in [4.69, 9.17) is 14.6 Å². The predicted octanol–water partition coefficient (Wildman–Crippen LogP) is 5.02. The van der Waals surface area contributed by atoms with Gasteiger partial charge >= 0.3 is 5.97 Å². The molecule has 1 N–H and O–H groups in total. The Kier molecular flexibility index (Phi) is 8.34. The Hall–Kier alpha value is -1.20. The summed E-state index contributed by atoms with van der Waals surface area (Å²) in [4.78, 5) is 10.6. The average Bonchev–Trinajstić information content (AvgIpc) is 3.27. The molecule has 2 aliphatic rings. The molecule has 150 valence electrons. The van der Waals surface area contributed by atoms with Crippen LogP contribution < -0.4 is 4.74 Å². The predicted molar refractivity (Wildman–Crippen MR) is 109 cm³/mol. The number of rotatable bonds is 13. The second kappa shape index (κ2) is 11.0.